The van der Waals surface area contributed by atoms with Crippen molar-refractivity contribution in [3.05, 3.63) is 46.9 Å². The van der Waals surface area contributed by atoms with Crippen molar-refractivity contribution >= 4 is 29.1 Å². The van der Waals surface area contributed by atoms with Crippen LogP contribution in [0.3, 0.4) is 0 Å². The third-order valence-electron chi connectivity index (χ3n) is 7.73. The van der Waals surface area contributed by atoms with Gasteiger partial charge in [0.15, 0.2) is 12.3 Å². The number of hydrogen-bond donors (Lipinski definition) is 2. The maximum atomic E-state index is 14.3. The lowest BCUT2D eigenvalue weighted by Crippen LogP contribution is -2.51. The smallest absolute Gasteiger partial charge is 0.258 e. The molecule has 12 heteroatoms. The van der Waals surface area contributed by atoms with E-state index < -0.39 is 5.82 Å². The van der Waals surface area contributed by atoms with Crippen LogP contribution < -0.4 is 19.9 Å². The highest BCUT2D eigenvalue weighted by Crippen LogP contribution is 2.36. The second kappa shape index (κ2) is 9.99. The summed E-state index contributed by atoms with van der Waals surface area (Å²) < 4.78 is 21.8. The van der Waals surface area contributed by atoms with E-state index in [-0.39, 0.29) is 41.9 Å². The molecule has 3 aliphatic rings. The Bertz CT molecular complexity index is 1440. The summed E-state index contributed by atoms with van der Waals surface area (Å²) in [6.45, 7) is 4.03. The molecule has 2 amide bonds. The molecule has 2 bridgehead atoms. The van der Waals surface area contributed by atoms with Crippen LogP contribution in [0, 0.1) is 12.7 Å². The van der Waals surface area contributed by atoms with Crippen molar-refractivity contribution in [1.29, 1.82) is 0 Å². The predicted molar refractivity (Wildman–Crippen MR) is 142 cm³/mol. The number of fused-ring (bicyclic) bond motifs is 4. The number of benzene rings is 1. The van der Waals surface area contributed by atoms with Crippen molar-refractivity contribution in [2.75, 3.05) is 56.2 Å². The maximum Gasteiger partial charge on any atom is 0.258 e. The molecule has 0 saturated carbocycles. The molecule has 1 aromatic carbocycles. The number of aliphatic hydroxyl groups is 1. The van der Waals surface area contributed by atoms with Gasteiger partial charge in [-0.3, -0.25) is 9.59 Å². The largest absolute Gasteiger partial charge is 0.483 e. The van der Waals surface area contributed by atoms with Crippen molar-refractivity contribution < 1.29 is 23.8 Å². The van der Waals surface area contributed by atoms with Crippen LogP contribution in [0.1, 0.15) is 46.9 Å². The molecule has 11 nitrogen and oxygen atoms in total. The Morgan fingerprint density at radius 3 is 2.77 bits per heavy atom. The highest BCUT2D eigenvalue weighted by atomic mass is 19.1. The number of aromatic nitrogens is 3. The molecule has 0 spiro atoms. The Morgan fingerprint density at radius 1 is 1.15 bits per heavy atom. The quantitative estimate of drug-likeness (QED) is 0.482. The zero-order valence-corrected chi connectivity index (χ0v) is 22.1. The molecule has 3 aromatic rings. The summed E-state index contributed by atoms with van der Waals surface area (Å²) in [5, 5.41) is 17.7. The van der Waals surface area contributed by atoms with Gasteiger partial charge in [-0.25, -0.2) is 9.37 Å². The topological polar surface area (TPSA) is 116 Å². The van der Waals surface area contributed by atoms with Crippen LogP contribution in [0.25, 0.3) is 5.65 Å². The number of carbonyl (C=O) groups excluding carboxylic acids is 2. The van der Waals surface area contributed by atoms with E-state index in [0.717, 1.165) is 30.0 Å². The number of halogens is 1. The highest BCUT2D eigenvalue weighted by molar-refractivity contribution is 5.97. The van der Waals surface area contributed by atoms with Crippen LogP contribution in [0.4, 0.5) is 16.0 Å². The fourth-order valence-corrected chi connectivity index (χ4v) is 5.72. The second-order valence-electron chi connectivity index (χ2n) is 10.5. The molecular formula is C27H32FN7O4. The third-order valence-corrected chi connectivity index (χ3v) is 7.73. The SMILES string of the molecule is Cc1c(N2CC(O)C2)nc2cc3nn2c1N(C)CCNC(=O)COc1ccc(F)cc1C(=O)N1CCCCC31. The van der Waals surface area contributed by atoms with Crippen LogP contribution in [-0.4, -0.2) is 88.9 Å². The van der Waals surface area contributed by atoms with Crippen molar-refractivity contribution in [2.24, 2.45) is 0 Å². The summed E-state index contributed by atoms with van der Waals surface area (Å²) in [6.07, 6.45) is 2.06. The van der Waals surface area contributed by atoms with Crippen molar-refractivity contribution in [3.8, 4) is 5.75 Å². The summed E-state index contributed by atoms with van der Waals surface area (Å²) in [5.74, 6) is 0.499. The minimum absolute atomic E-state index is 0.0820. The first-order chi connectivity index (χ1) is 18.8. The van der Waals surface area contributed by atoms with Crippen LogP contribution >= 0.6 is 0 Å². The van der Waals surface area contributed by atoms with Crippen LogP contribution in [0.15, 0.2) is 24.3 Å². The third kappa shape index (κ3) is 4.62. The normalized spacial score (nSPS) is 20.9. The van der Waals surface area contributed by atoms with Gasteiger partial charge in [-0.05, 0) is 44.4 Å². The Morgan fingerprint density at radius 2 is 1.97 bits per heavy atom. The molecule has 206 valence electrons. The van der Waals surface area contributed by atoms with Crippen molar-refractivity contribution in [1.82, 2.24) is 24.8 Å². The number of anilines is 2. The summed E-state index contributed by atoms with van der Waals surface area (Å²) >= 11 is 0. The number of amides is 2. The number of hydrogen-bond acceptors (Lipinski definition) is 8. The maximum absolute atomic E-state index is 14.3. The van der Waals surface area contributed by atoms with Gasteiger partial charge in [0.25, 0.3) is 11.8 Å². The lowest BCUT2D eigenvalue weighted by atomic mass is 9.98. The Hall–Kier alpha value is -3.93. The second-order valence-corrected chi connectivity index (χ2v) is 10.5. The summed E-state index contributed by atoms with van der Waals surface area (Å²) in [5.41, 5.74) is 2.33. The average Bonchev–Trinajstić information content (AvgIpc) is 3.32. The van der Waals surface area contributed by atoms with E-state index >= 15 is 0 Å². The van der Waals surface area contributed by atoms with Gasteiger partial charge in [0, 0.05) is 51.4 Å². The number of likely N-dealkylation sites (N-methyl/N-ethyl adjacent to an activating group) is 1. The van der Waals surface area contributed by atoms with E-state index in [0.29, 0.717) is 50.5 Å². The number of ether oxygens (including phenoxy) is 1. The molecule has 0 aliphatic carbocycles. The number of carbonyl (C=O) groups is 2. The van der Waals surface area contributed by atoms with Gasteiger partial charge >= 0.3 is 0 Å². The van der Waals surface area contributed by atoms with Gasteiger partial charge in [-0.1, -0.05) is 0 Å². The summed E-state index contributed by atoms with van der Waals surface area (Å²) in [7, 11) is 1.94. The molecule has 1 atom stereocenters. The van der Waals surface area contributed by atoms with Crippen molar-refractivity contribution in [3.63, 3.8) is 0 Å². The van der Waals surface area contributed by atoms with E-state index in [9.17, 15) is 19.1 Å². The number of rotatable bonds is 1. The van der Waals surface area contributed by atoms with Crippen molar-refractivity contribution in [2.45, 2.75) is 38.3 Å². The molecule has 39 heavy (non-hydrogen) atoms. The number of nitrogens with zero attached hydrogens (tertiary/aromatic N) is 6. The lowest BCUT2D eigenvalue weighted by molar-refractivity contribution is -0.123. The van der Waals surface area contributed by atoms with Gasteiger partial charge < -0.3 is 29.9 Å². The minimum Gasteiger partial charge on any atom is -0.483 e. The number of piperidine rings is 1. The number of β-amino-alcohol motifs (C(OH)–C–C–N with tert-alkyl or cyclic N) is 1. The lowest BCUT2D eigenvalue weighted by Gasteiger charge is -2.38. The molecule has 2 N–H and O–H groups in total. The minimum atomic E-state index is -0.554. The van der Waals surface area contributed by atoms with Gasteiger partial charge in [-0.2, -0.15) is 9.61 Å². The van der Waals surface area contributed by atoms with E-state index in [1.807, 2.05) is 29.8 Å². The highest BCUT2D eigenvalue weighted by Gasteiger charge is 2.34. The van der Waals surface area contributed by atoms with E-state index in [4.69, 9.17) is 14.8 Å². The molecule has 3 aliphatic heterocycles. The zero-order valence-electron chi connectivity index (χ0n) is 22.1. The first kappa shape index (κ1) is 25.4. The Kier molecular flexibility index (Phi) is 6.49. The van der Waals surface area contributed by atoms with Crippen LogP contribution in [-0.2, 0) is 4.79 Å². The van der Waals surface area contributed by atoms with Gasteiger partial charge in [-0.15, -0.1) is 0 Å². The van der Waals surface area contributed by atoms with Crippen LogP contribution in [0.5, 0.6) is 5.75 Å². The summed E-state index contributed by atoms with van der Waals surface area (Å²) in [6, 6.07) is 5.37. The predicted octanol–water partition coefficient (Wildman–Crippen LogP) is 1.67. The van der Waals surface area contributed by atoms with E-state index in [1.54, 1.807) is 9.42 Å². The molecule has 6 rings (SSSR count). The summed E-state index contributed by atoms with van der Waals surface area (Å²) in [4.78, 5) is 37.1. The molecule has 2 aromatic heterocycles. The Labute approximate surface area is 225 Å². The molecule has 2 fully saturated rings. The van der Waals surface area contributed by atoms with Gasteiger partial charge in [0.2, 0.25) is 0 Å². The fourth-order valence-electron chi connectivity index (χ4n) is 5.72. The Balaban J connectivity index is 1.49. The number of nitrogens with one attached hydrogen (secondary N) is 1. The molecular weight excluding hydrogens is 505 g/mol. The average molecular weight is 538 g/mol. The first-order valence-electron chi connectivity index (χ1n) is 13.3. The molecule has 5 heterocycles. The first-order valence-corrected chi connectivity index (χ1v) is 13.3. The van der Waals surface area contributed by atoms with E-state index in [1.165, 1.54) is 18.2 Å². The molecule has 2 saturated heterocycles. The standard InChI is InChI=1S/C27H32FN7O4/c1-16-25(33-13-18(36)14-33)30-23-12-20-21-5-3-4-9-34(21)27(38)19-11-17(28)6-7-22(19)39-15-24(37)29-8-10-32(2)26(16)35(23)31-20/h6-7,11-12,18,21,36H,3-5,8-10,13-15H2,1-2H3,(H,29,37). The molecule has 1 unspecified atom stereocenters. The van der Waals surface area contributed by atoms with E-state index in [2.05, 4.69) is 5.32 Å². The number of aliphatic hydroxyl groups excluding tert-OH is 1. The fraction of sp³-hybridized carbons (Fsp3) is 0.481. The van der Waals surface area contributed by atoms with Gasteiger partial charge in [0.05, 0.1) is 23.4 Å². The zero-order chi connectivity index (χ0) is 27.3. The van der Waals surface area contributed by atoms with Gasteiger partial charge in [0.1, 0.15) is 23.2 Å². The van der Waals surface area contributed by atoms with Crippen LogP contribution in [0.2, 0.25) is 0 Å². The monoisotopic (exact) mass is 537 g/mol. The molecule has 0 radical (unpaired) electrons.